The predicted molar refractivity (Wildman–Crippen MR) is 109 cm³/mol. The molecule has 2 aromatic rings. The average Bonchev–Trinajstić information content (AvgIpc) is 3.29. The molecule has 0 saturated carbocycles. The highest BCUT2D eigenvalue weighted by atomic mass is 32.2. The van der Waals surface area contributed by atoms with Gasteiger partial charge in [-0.05, 0) is 47.4 Å². The van der Waals surface area contributed by atoms with Gasteiger partial charge in [-0.3, -0.25) is 4.79 Å². The van der Waals surface area contributed by atoms with Crippen molar-refractivity contribution in [3.63, 3.8) is 0 Å². The Bertz CT molecular complexity index is 1070. The largest absolute Gasteiger partial charge is 0.493 e. The fourth-order valence-electron chi connectivity index (χ4n) is 4.14. The monoisotopic (exact) mass is 432 g/mol. The number of nitrogens with one attached hydrogen (secondary N) is 3. The molecule has 160 valence electrons. The van der Waals surface area contributed by atoms with Crippen LogP contribution in [-0.2, 0) is 27.8 Å². The molecule has 0 spiro atoms. The molecule has 4 rings (SSSR count). The summed E-state index contributed by atoms with van der Waals surface area (Å²) in [6.07, 6.45) is 0.738. The minimum Gasteiger partial charge on any atom is -0.493 e. The highest BCUT2D eigenvalue weighted by Gasteiger charge is 2.46. The van der Waals surface area contributed by atoms with Gasteiger partial charge in [-0.2, -0.15) is 0 Å². The number of fused-ring (bicyclic) bond motifs is 3. The van der Waals surface area contributed by atoms with E-state index in [2.05, 4.69) is 16.2 Å². The summed E-state index contributed by atoms with van der Waals surface area (Å²) in [5.41, 5.74) is 9.34. The topological polar surface area (TPSA) is 132 Å². The van der Waals surface area contributed by atoms with E-state index in [4.69, 9.17) is 14.6 Å². The summed E-state index contributed by atoms with van der Waals surface area (Å²) in [6.45, 7) is 0.286. The first-order chi connectivity index (χ1) is 14.3. The number of hydrogen-bond donors (Lipinski definition) is 4. The third-order valence-corrected chi connectivity index (χ3v) is 6.62. The molecule has 3 atom stereocenters. The summed E-state index contributed by atoms with van der Waals surface area (Å²) >= 11 is 0. The van der Waals surface area contributed by atoms with Gasteiger partial charge in [0.1, 0.15) is 6.04 Å². The van der Waals surface area contributed by atoms with Gasteiger partial charge in [0, 0.05) is 12.5 Å². The predicted octanol–water partition coefficient (Wildman–Crippen LogP) is 0.357. The molecule has 0 radical (unpaired) electrons. The van der Waals surface area contributed by atoms with Crippen LogP contribution in [0.15, 0.2) is 41.3 Å². The second kappa shape index (κ2) is 7.88. The summed E-state index contributed by atoms with van der Waals surface area (Å²) in [5, 5.41) is 8.02. The molecule has 3 unspecified atom stereocenters. The zero-order valence-electron chi connectivity index (χ0n) is 16.6. The van der Waals surface area contributed by atoms with Gasteiger partial charge in [0.25, 0.3) is 0 Å². The number of hydrazine groups is 1. The lowest BCUT2D eigenvalue weighted by molar-refractivity contribution is -0.123. The minimum absolute atomic E-state index is 0.00426. The van der Waals surface area contributed by atoms with Crippen LogP contribution in [0.25, 0.3) is 0 Å². The van der Waals surface area contributed by atoms with E-state index >= 15 is 0 Å². The van der Waals surface area contributed by atoms with Crippen LogP contribution in [0.4, 0.5) is 0 Å². The van der Waals surface area contributed by atoms with E-state index in [0.717, 1.165) is 23.1 Å². The molecule has 1 aliphatic heterocycles. The Hall–Kier alpha value is -2.66. The van der Waals surface area contributed by atoms with E-state index in [1.165, 1.54) is 12.1 Å². The maximum atomic E-state index is 12.8. The highest BCUT2D eigenvalue weighted by Crippen LogP contribution is 2.44. The Morgan fingerprint density at radius 3 is 2.43 bits per heavy atom. The summed E-state index contributed by atoms with van der Waals surface area (Å²) in [5.74, 6) is 1.27. The lowest BCUT2D eigenvalue weighted by atomic mass is 9.94. The fraction of sp³-hybridized carbons (Fsp3) is 0.350. The third-order valence-electron chi connectivity index (χ3n) is 5.69. The summed E-state index contributed by atoms with van der Waals surface area (Å²) < 4.78 is 33.5. The van der Waals surface area contributed by atoms with Crippen molar-refractivity contribution < 1.29 is 22.7 Å². The Kier molecular flexibility index (Phi) is 5.41. The number of rotatable bonds is 6. The van der Waals surface area contributed by atoms with E-state index in [1.54, 1.807) is 26.4 Å². The molecule has 30 heavy (non-hydrogen) atoms. The molecular weight excluding hydrogens is 408 g/mol. The number of methoxy groups -OCH3 is 2. The molecule has 2 aliphatic rings. The number of benzene rings is 2. The number of primary sulfonamides is 1. The standard InChI is InChI=1S/C20H24N4O5S/c1-28-16-8-12-7-15-18(14(12)9-17(16)29-2)23-24-19(15)20(25)22-10-11-3-5-13(6-4-11)30(21,26)27/h3-6,8-9,15,18-19,23-24H,7,10H2,1-2H3,(H,22,25)(H2,21,26,27). The van der Waals surface area contributed by atoms with Gasteiger partial charge in [0.2, 0.25) is 15.9 Å². The van der Waals surface area contributed by atoms with Gasteiger partial charge >= 0.3 is 0 Å². The van der Waals surface area contributed by atoms with Crippen LogP contribution in [0.3, 0.4) is 0 Å². The summed E-state index contributed by atoms with van der Waals surface area (Å²) in [7, 11) is -0.531. The lowest BCUT2D eigenvalue weighted by Gasteiger charge is -2.16. The molecule has 1 saturated heterocycles. The molecule has 10 heteroatoms. The first-order valence-corrected chi connectivity index (χ1v) is 11.0. The molecule has 1 heterocycles. The van der Waals surface area contributed by atoms with Crippen molar-refractivity contribution in [2.75, 3.05) is 14.2 Å². The molecule has 1 fully saturated rings. The van der Waals surface area contributed by atoms with E-state index < -0.39 is 16.1 Å². The maximum absolute atomic E-state index is 12.8. The van der Waals surface area contributed by atoms with Gasteiger partial charge in [0.05, 0.1) is 25.2 Å². The van der Waals surface area contributed by atoms with Crippen molar-refractivity contribution in [1.29, 1.82) is 0 Å². The second-order valence-corrected chi connectivity index (χ2v) is 8.99. The quantitative estimate of drug-likeness (QED) is 0.518. The van der Waals surface area contributed by atoms with Gasteiger partial charge in [0.15, 0.2) is 11.5 Å². The smallest absolute Gasteiger partial charge is 0.239 e. The first kappa shape index (κ1) is 20.6. The van der Waals surface area contributed by atoms with Crippen LogP contribution in [-0.4, -0.2) is 34.6 Å². The van der Waals surface area contributed by atoms with Crippen LogP contribution < -0.4 is 30.8 Å². The molecule has 5 N–H and O–H groups in total. The number of nitrogens with two attached hydrogens (primary N) is 1. The van der Waals surface area contributed by atoms with E-state index in [0.29, 0.717) is 11.5 Å². The Morgan fingerprint density at radius 2 is 1.80 bits per heavy atom. The normalized spacial score (nSPS) is 22.3. The minimum atomic E-state index is -3.73. The van der Waals surface area contributed by atoms with Gasteiger partial charge in [-0.25, -0.2) is 24.4 Å². The van der Waals surface area contributed by atoms with Crippen LogP contribution in [0.2, 0.25) is 0 Å². The van der Waals surface area contributed by atoms with Crippen LogP contribution in [0, 0.1) is 5.92 Å². The van der Waals surface area contributed by atoms with E-state index in [-0.39, 0.29) is 29.3 Å². The number of sulfonamides is 1. The number of carbonyl (C=O) groups is 1. The number of ether oxygens (including phenoxy) is 2. The van der Waals surface area contributed by atoms with Crippen molar-refractivity contribution in [3.05, 3.63) is 53.1 Å². The average molecular weight is 433 g/mol. The van der Waals surface area contributed by atoms with E-state index in [9.17, 15) is 13.2 Å². The van der Waals surface area contributed by atoms with Crippen LogP contribution in [0.1, 0.15) is 22.7 Å². The number of hydrogen-bond acceptors (Lipinski definition) is 7. The molecule has 9 nitrogen and oxygen atoms in total. The zero-order valence-corrected chi connectivity index (χ0v) is 17.5. The van der Waals surface area contributed by atoms with Crippen molar-refractivity contribution in [2.45, 2.75) is 29.9 Å². The number of amides is 1. The van der Waals surface area contributed by atoms with Crippen LogP contribution in [0.5, 0.6) is 11.5 Å². The van der Waals surface area contributed by atoms with Crippen LogP contribution >= 0.6 is 0 Å². The summed E-state index contributed by atoms with van der Waals surface area (Å²) in [6, 6.07) is 9.65. The van der Waals surface area contributed by atoms with Gasteiger partial charge in [-0.1, -0.05) is 12.1 Å². The number of carbonyl (C=O) groups excluding carboxylic acids is 1. The Balaban J connectivity index is 1.43. The van der Waals surface area contributed by atoms with Gasteiger partial charge in [-0.15, -0.1) is 0 Å². The van der Waals surface area contributed by atoms with Crippen molar-refractivity contribution in [2.24, 2.45) is 11.1 Å². The lowest BCUT2D eigenvalue weighted by Crippen LogP contribution is -2.45. The van der Waals surface area contributed by atoms with Crippen molar-refractivity contribution >= 4 is 15.9 Å². The third kappa shape index (κ3) is 3.74. The molecule has 1 aliphatic carbocycles. The molecule has 1 amide bonds. The molecule has 0 aromatic heterocycles. The maximum Gasteiger partial charge on any atom is 0.239 e. The van der Waals surface area contributed by atoms with Gasteiger partial charge < -0.3 is 14.8 Å². The summed E-state index contributed by atoms with van der Waals surface area (Å²) in [4.78, 5) is 12.8. The molecule has 2 aromatic carbocycles. The second-order valence-electron chi connectivity index (χ2n) is 7.42. The Morgan fingerprint density at radius 1 is 1.13 bits per heavy atom. The highest BCUT2D eigenvalue weighted by molar-refractivity contribution is 7.89. The molecule has 0 bridgehead atoms. The zero-order chi connectivity index (χ0) is 21.5. The van der Waals surface area contributed by atoms with Crippen molar-refractivity contribution in [3.8, 4) is 11.5 Å². The SMILES string of the molecule is COc1cc2c(cc1OC)C1NNC(C(=O)NCc3ccc(S(N)(=O)=O)cc3)C1C2. The molecular formula is C20H24N4O5S. The Labute approximate surface area is 175 Å². The van der Waals surface area contributed by atoms with Crippen molar-refractivity contribution in [1.82, 2.24) is 16.2 Å². The van der Waals surface area contributed by atoms with E-state index in [1.807, 2.05) is 12.1 Å². The fourth-order valence-corrected chi connectivity index (χ4v) is 4.66. The first-order valence-electron chi connectivity index (χ1n) is 9.47.